The molecule has 0 aliphatic rings. The first-order chi connectivity index (χ1) is 17.3. The maximum Gasteiger partial charge on any atom is 0.261 e. The van der Waals surface area contributed by atoms with Gasteiger partial charge >= 0.3 is 0 Å². The van der Waals surface area contributed by atoms with Crippen LogP contribution in [-0.4, -0.2) is 35.4 Å². The highest BCUT2D eigenvalue weighted by Crippen LogP contribution is 2.28. The second-order valence-corrected chi connectivity index (χ2v) is 9.79. The van der Waals surface area contributed by atoms with Crippen molar-refractivity contribution in [3.05, 3.63) is 99.2 Å². The Hall–Kier alpha value is -2.90. The zero-order valence-corrected chi connectivity index (χ0v) is 22.6. The SMILES string of the molecule is CC[C@@H](C)NC(=O)[C@@H](Cc1ccccc1)N(Cc1ccccc1F)C(=O)COc1ccc(Cl)cc1Br. The van der Waals surface area contributed by atoms with Gasteiger partial charge in [0.15, 0.2) is 6.61 Å². The number of nitrogens with zero attached hydrogens (tertiary/aromatic N) is 1. The number of amides is 2. The van der Waals surface area contributed by atoms with Gasteiger partial charge in [-0.25, -0.2) is 4.39 Å². The number of carbonyl (C=O) groups excluding carboxylic acids is 2. The van der Waals surface area contributed by atoms with Gasteiger partial charge in [0.2, 0.25) is 5.91 Å². The molecule has 2 atom stereocenters. The minimum absolute atomic E-state index is 0.0811. The summed E-state index contributed by atoms with van der Waals surface area (Å²) in [6.45, 7) is 3.46. The van der Waals surface area contributed by atoms with E-state index in [4.69, 9.17) is 16.3 Å². The lowest BCUT2D eigenvalue weighted by Gasteiger charge is -2.32. The van der Waals surface area contributed by atoms with Crippen LogP contribution >= 0.6 is 27.5 Å². The van der Waals surface area contributed by atoms with Crippen LogP contribution in [0.4, 0.5) is 4.39 Å². The van der Waals surface area contributed by atoms with E-state index in [1.54, 1.807) is 36.4 Å². The molecular formula is C28H29BrClFN2O3. The van der Waals surface area contributed by atoms with Gasteiger partial charge in [0.05, 0.1) is 4.47 Å². The minimum Gasteiger partial charge on any atom is -0.483 e. The summed E-state index contributed by atoms with van der Waals surface area (Å²) in [6, 6.07) is 19.7. The van der Waals surface area contributed by atoms with Gasteiger partial charge in [-0.05, 0) is 59.1 Å². The fourth-order valence-electron chi connectivity index (χ4n) is 3.62. The highest BCUT2D eigenvalue weighted by Gasteiger charge is 2.31. The van der Waals surface area contributed by atoms with Gasteiger partial charge < -0.3 is 15.0 Å². The van der Waals surface area contributed by atoms with Gasteiger partial charge in [0.25, 0.3) is 5.91 Å². The molecule has 0 aliphatic heterocycles. The van der Waals surface area contributed by atoms with Crippen molar-refractivity contribution in [3.8, 4) is 5.75 Å². The molecule has 0 saturated carbocycles. The van der Waals surface area contributed by atoms with Crippen molar-refractivity contribution in [2.45, 2.75) is 45.3 Å². The van der Waals surface area contributed by atoms with Crippen molar-refractivity contribution in [3.63, 3.8) is 0 Å². The molecule has 1 N–H and O–H groups in total. The number of nitrogens with one attached hydrogen (secondary N) is 1. The molecule has 2 amide bonds. The van der Waals surface area contributed by atoms with E-state index in [-0.39, 0.29) is 31.5 Å². The third-order valence-electron chi connectivity index (χ3n) is 5.82. The summed E-state index contributed by atoms with van der Waals surface area (Å²) in [6.07, 6.45) is 1.01. The Morgan fingerprint density at radius 1 is 1.08 bits per heavy atom. The quantitative estimate of drug-likeness (QED) is 0.297. The second-order valence-electron chi connectivity index (χ2n) is 8.50. The van der Waals surface area contributed by atoms with Crippen LogP contribution in [0.1, 0.15) is 31.4 Å². The molecule has 3 rings (SSSR count). The maximum absolute atomic E-state index is 14.6. The van der Waals surface area contributed by atoms with Crippen LogP contribution in [-0.2, 0) is 22.6 Å². The Morgan fingerprint density at radius 2 is 1.78 bits per heavy atom. The Kier molecular flexibility index (Phi) is 10.3. The molecule has 0 unspecified atom stereocenters. The van der Waals surface area contributed by atoms with Crippen LogP contribution in [0.15, 0.2) is 77.3 Å². The first-order valence-electron chi connectivity index (χ1n) is 11.7. The van der Waals surface area contributed by atoms with Gasteiger partial charge in [0, 0.05) is 29.6 Å². The Morgan fingerprint density at radius 3 is 2.44 bits per heavy atom. The predicted octanol–water partition coefficient (Wildman–Crippen LogP) is 6.18. The Labute approximate surface area is 224 Å². The molecule has 0 spiro atoms. The molecule has 8 heteroatoms. The van der Waals surface area contributed by atoms with E-state index in [0.29, 0.717) is 20.8 Å². The number of ether oxygens (including phenoxy) is 1. The normalized spacial score (nSPS) is 12.5. The first-order valence-corrected chi connectivity index (χ1v) is 12.9. The lowest BCUT2D eigenvalue weighted by atomic mass is 10.0. The zero-order valence-electron chi connectivity index (χ0n) is 20.2. The summed E-state index contributed by atoms with van der Waals surface area (Å²) in [4.78, 5) is 28.4. The van der Waals surface area contributed by atoms with Crippen molar-refractivity contribution in [2.75, 3.05) is 6.61 Å². The molecule has 0 aromatic heterocycles. The maximum atomic E-state index is 14.6. The smallest absolute Gasteiger partial charge is 0.261 e. The summed E-state index contributed by atoms with van der Waals surface area (Å²) < 4.78 is 21.0. The molecule has 5 nitrogen and oxygen atoms in total. The summed E-state index contributed by atoms with van der Waals surface area (Å²) in [5, 5.41) is 3.51. The molecule has 0 radical (unpaired) electrons. The third-order valence-corrected chi connectivity index (χ3v) is 6.67. The lowest BCUT2D eigenvalue weighted by molar-refractivity contribution is -0.143. The Bertz CT molecular complexity index is 1180. The molecule has 3 aromatic rings. The molecule has 0 heterocycles. The third kappa shape index (κ3) is 7.80. The summed E-state index contributed by atoms with van der Waals surface area (Å²) >= 11 is 9.38. The van der Waals surface area contributed by atoms with E-state index < -0.39 is 17.8 Å². The molecule has 0 bridgehead atoms. The van der Waals surface area contributed by atoms with Crippen LogP contribution in [0.5, 0.6) is 5.75 Å². The van der Waals surface area contributed by atoms with Gasteiger partial charge in [-0.3, -0.25) is 9.59 Å². The molecule has 3 aromatic carbocycles. The molecule has 0 fully saturated rings. The van der Waals surface area contributed by atoms with E-state index in [1.807, 2.05) is 44.2 Å². The molecular weight excluding hydrogens is 547 g/mol. The van der Waals surface area contributed by atoms with Crippen molar-refractivity contribution in [1.82, 2.24) is 10.2 Å². The Balaban J connectivity index is 1.93. The van der Waals surface area contributed by atoms with Gasteiger partial charge in [-0.2, -0.15) is 0 Å². The van der Waals surface area contributed by atoms with Crippen molar-refractivity contribution in [1.29, 1.82) is 0 Å². The summed E-state index contributed by atoms with van der Waals surface area (Å²) in [5.41, 5.74) is 1.20. The standard InChI is InChI=1S/C28H29BrClFN2O3/c1-3-19(2)32-28(35)25(15-20-9-5-4-6-10-20)33(17-21-11-7-8-12-24(21)31)27(34)18-36-26-14-13-22(30)16-23(26)29/h4-14,16,19,25H,3,15,17-18H2,1-2H3,(H,32,35)/t19-,25-/m1/s1. The lowest BCUT2D eigenvalue weighted by Crippen LogP contribution is -2.53. The first kappa shape index (κ1) is 27.7. The summed E-state index contributed by atoms with van der Waals surface area (Å²) in [5.74, 6) is -0.759. The number of carbonyl (C=O) groups is 2. The van der Waals surface area contributed by atoms with E-state index in [2.05, 4.69) is 21.2 Å². The van der Waals surface area contributed by atoms with E-state index in [0.717, 1.165) is 12.0 Å². The van der Waals surface area contributed by atoms with Gasteiger partial charge in [0.1, 0.15) is 17.6 Å². The molecule has 0 aliphatic carbocycles. The van der Waals surface area contributed by atoms with Crippen molar-refractivity contribution >= 4 is 39.3 Å². The summed E-state index contributed by atoms with van der Waals surface area (Å²) in [7, 11) is 0. The average molecular weight is 576 g/mol. The number of benzene rings is 3. The van der Waals surface area contributed by atoms with Crippen LogP contribution in [0.3, 0.4) is 0 Å². The topological polar surface area (TPSA) is 58.6 Å². The van der Waals surface area contributed by atoms with Gasteiger partial charge in [-0.1, -0.05) is 67.1 Å². The van der Waals surface area contributed by atoms with Crippen LogP contribution in [0.2, 0.25) is 5.02 Å². The zero-order chi connectivity index (χ0) is 26.1. The van der Waals surface area contributed by atoms with Crippen molar-refractivity contribution < 1.29 is 18.7 Å². The van der Waals surface area contributed by atoms with E-state index in [1.165, 1.54) is 11.0 Å². The number of hydrogen-bond acceptors (Lipinski definition) is 3. The molecule has 36 heavy (non-hydrogen) atoms. The largest absolute Gasteiger partial charge is 0.483 e. The average Bonchev–Trinajstić information content (AvgIpc) is 2.87. The van der Waals surface area contributed by atoms with E-state index >= 15 is 0 Å². The van der Waals surface area contributed by atoms with Gasteiger partial charge in [-0.15, -0.1) is 0 Å². The van der Waals surface area contributed by atoms with Crippen LogP contribution in [0, 0.1) is 5.82 Å². The van der Waals surface area contributed by atoms with Crippen LogP contribution in [0.25, 0.3) is 0 Å². The number of halogens is 3. The highest BCUT2D eigenvalue weighted by molar-refractivity contribution is 9.10. The number of rotatable bonds is 11. The predicted molar refractivity (Wildman–Crippen MR) is 143 cm³/mol. The molecule has 190 valence electrons. The number of hydrogen-bond donors (Lipinski definition) is 1. The van der Waals surface area contributed by atoms with Crippen molar-refractivity contribution in [2.24, 2.45) is 0 Å². The molecule has 0 saturated heterocycles. The fourth-order valence-corrected chi connectivity index (χ4v) is 4.42. The van der Waals surface area contributed by atoms with E-state index in [9.17, 15) is 14.0 Å². The monoisotopic (exact) mass is 574 g/mol. The highest BCUT2D eigenvalue weighted by atomic mass is 79.9. The minimum atomic E-state index is -0.870. The fraction of sp³-hybridized carbons (Fsp3) is 0.286. The second kappa shape index (κ2) is 13.4. The van der Waals surface area contributed by atoms with Crippen LogP contribution < -0.4 is 10.1 Å².